The zero-order valence-corrected chi connectivity index (χ0v) is 14.1. The number of carbonyl (C=O) groups is 1. The van der Waals surface area contributed by atoms with Crippen LogP contribution in [0.4, 0.5) is 0 Å². The highest BCUT2D eigenvalue weighted by atomic mass is 32.2. The lowest BCUT2D eigenvalue weighted by molar-refractivity contribution is -0.140. The topological polar surface area (TPSA) is 54.4 Å². The minimum atomic E-state index is -0.964. The van der Waals surface area contributed by atoms with Crippen molar-refractivity contribution in [2.45, 2.75) is 78.1 Å². The maximum absolute atomic E-state index is 11.6. The molecule has 0 saturated heterocycles. The maximum atomic E-state index is 11.6. The van der Waals surface area contributed by atoms with Gasteiger partial charge in [0.2, 0.25) is 0 Å². The fraction of sp³-hybridized carbons (Fsp3) is 0.938. The molecule has 0 radical (unpaired) electrons. The van der Waals surface area contributed by atoms with Gasteiger partial charge in [0.1, 0.15) is 0 Å². The van der Waals surface area contributed by atoms with Gasteiger partial charge in [0.05, 0.1) is 5.92 Å². The molecule has 0 fully saturated rings. The summed E-state index contributed by atoms with van der Waals surface area (Å²) in [5.41, 5.74) is 0. The van der Waals surface area contributed by atoms with E-state index in [4.69, 9.17) is 5.11 Å². The van der Waals surface area contributed by atoms with E-state index in [-0.39, 0.29) is 0 Å². The molecule has 0 saturated carbocycles. The van der Waals surface area contributed by atoms with Crippen LogP contribution < -0.4 is 0 Å². The van der Waals surface area contributed by atoms with Gasteiger partial charge in [-0.2, -0.15) is 0 Å². The third-order valence-corrected chi connectivity index (χ3v) is 5.20. The lowest BCUT2D eigenvalue weighted by Gasteiger charge is -2.06. The summed E-state index contributed by atoms with van der Waals surface area (Å²) in [7, 11) is -0.964. The summed E-state index contributed by atoms with van der Waals surface area (Å²) >= 11 is 0. The second-order valence-corrected chi connectivity index (χ2v) is 7.35. The maximum Gasteiger partial charge on any atom is 0.307 e. The minimum Gasteiger partial charge on any atom is -0.481 e. The molecule has 0 heterocycles. The summed E-state index contributed by atoms with van der Waals surface area (Å²) in [6.07, 6.45) is 12.7. The van der Waals surface area contributed by atoms with Crippen LogP contribution in [0.15, 0.2) is 0 Å². The van der Waals surface area contributed by atoms with Crippen LogP contribution in [0.5, 0.6) is 0 Å². The average Bonchev–Trinajstić information content (AvgIpc) is 2.40. The first kappa shape index (κ1) is 19.6. The molecule has 0 aliphatic heterocycles. The molecular formula is C16H32O3S. The number of carboxylic acids is 1. The van der Waals surface area contributed by atoms with Crippen molar-refractivity contribution in [3.63, 3.8) is 0 Å². The number of rotatable bonds is 14. The molecule has 20 heavy (non-hydrogen) atoms. The highest BCUT2D eigenvalue weighted by Crippen LogP contribution is 2.11. The number of carboxylic acid groups (broad SMARTS) is 1. The summed E-state index contributed by atoms with van der Waals surface area (Å²) in [6.45, 7) is 3.86. The fourth-order valence-electron chi connectivity index (χ4n) is 2.18. The molecule has 0 rings (SSSR count). The van der Waals surface area contributed by atoms with E-state index in [1.54, 1.807) is 6.92 Å². The number of hydrogen-bond donors (Lipinski definition) is 1. The van der Waals surface area contributed by atoms with Crippen LogP contribution in [-0.4, -0.2) is 26.8 Å². The lowest BCUT2D eigenvalue weighted by Crippen LogP contribution is -2.18. The van der Waals surface area contributed by atoms with E-state index >= 15 is 0 Å². The van der Waals surface area contributed by atoms with E-state index < -0.39 is 22.7 Å². The van der Waals surface area contributed by atoms with Gasteiger partial charge in [0.25, 0.3) is 0 Å². The Bertz CT molecular complexity index is 266. The molecule has 4 heteroatoms. The monoisotopic (exact) mass is 304 g/mol. The highest BCUT2D eigenvalue weighted by Gasteiger charge is 2.14. The van der Waals surface area contributed by atoms with Crippen molar-refractivity contribution < 1.29 is 14.1 Å². The van der Waals surface area contributed by atoms with Crippen LogP contribution >= 0.6 is 0 Å². The van der Waals surface area contributed by atoms with E-state index in [1.165, 1.54) is 51.4 Å². The molecular weight excluding hydrogens is 272 g/mol. The molecule has 0 spiro atoms. The number of aliphatic carboxylic acids is 1. The Labute approximate surface area is 127 Å². The van der Waals surface area contributed by atoms with Gasteiger partial charge in [-0.1, -0.05) is 71.6 Å². The van der Waals surface area contributed by atoms with E-state index in [9.17, 15) is 9.00 Å². The molecule has 0 aromatic carbocycles. The van der Waals surface area contributed by atoms with Gasteiger partial charge in [-0.3, -0.25) is 9.00 Å². The third-order valence-electron chi connectivity index (χ3n) is 3.58. The van der Waals surface area contributed by atoms with Crippen molar-refractivity contribution in [2.24, 2.45) is 5.92 Å². The number of hydrogen-bond acceptors (Lipinski definition) is 2. The van der Waals surface area contributed by atoms with Crippen LogP contribution in [0, 0.1) is 5.92 Å². The van der Waals surface area contributed by atoms with Crippen LogP contribution in [0.1, 0.15) is 78.1 Å². The molecule has 2 atom stereocenters. The Morgan fingerprint density at radius 3 is 1.85 bits per heavy atom. The molecule has 0 aliphatic carbocycles. The molecule has 0 aliphatic rings. The average molecular weight is 304 g/mol. The fourth-order valence-corrected chi connectivity index (χ4v) is 3.58. The molecule has 0 aromatic heterocycles. The van der Waals surface area contributed by atoms with Crippen LogP contribution in [0.2, 0.25) is 0 Å². The van der Waals surface area contributed by atoms with E-state index in [2.05, 4.69) is 6.92 Å². The quantitative estimate of drug-likeness (QED) is 0.485. The molecule has 1 N–H and O–H groups in total. The van der Waals surface area contributed by atoms with Gasteiger partial charge >= 0.3 is 5.97 Å². The minimum absolute atomic E-state index is 0.298. The highest BCUT2D eigenvalue weighted by molar-refractivity contribution is 7.85. The van der Waals surface area contributed by atoms with Gasteiger partial charge in [-0.05, 0) is 6.42 Å². The van der Waals surface area contributed by atoms with Crippen LogP contribution in [-0.2, 0) is 15.6 Å². The van der Waals surface area contributed by atoms with E-state index in [1.807, 2.05) is 0 Å². The van der Waals surface area contributed by atoms with Crippen LogP contribution in [0.25, 0.3) is 0 Å². The Kier molecular flexibility index (Phi) is 13.3. The van der Waals surface area contributed by atoms with Gasteiger partial charge in [0, 0.05) is 22.3 Å². The summed E-state index contributed by atoms with van der Waals surface area (Å²) in [4.78, 5) is 10.6. The Hall–Kier alpha value is -0.380. The van der Waals surface area contributed by atoms with Gasteiger partial charge in [-0.25, -0.2) is 0 Å². The molecule has 120 valence electrons. The largest absolute Gasteiger partial charge is 0.481 e. The zero-order chi connectivity index (χ0) is 15.2. The van der Waals surface area contributed by atoms with E-state index in [0.29, 0.717) is 11.5 Å². The third kappa shape index (κ3) is 12.6. The first-order valence-corrected chi connectivity index (χ1v) is 9.64. The van der Waals surface area contributed by atoms with Crippen molar-refractivity contribution in [3.05, 3.63) is 0 Å². The molecule has 0 aromatic rings. The molecule has 0 amide bonds. The van der Waals surface area contributed by atoms with Gasteiger partial charge in [-0.15, -0.1) is 0 Å². The molecule has 3 nitrogen and oxygen atoms in total. The van der Waals surface area contributed by atoms with Crippen molar-refractivity contribution in [1.82, 2.24) is 0 Å². The van der Waals surface area contributed by atoms with Gasteiger partial charge < -0.3 is 5.11 Å². The van der Waals surface area contributed by atoms with Gasteiger partial charge in [0.15, 0.2) is 0 Å². The molecule has 2 unspecified atom stereocenters. The second-order valence-electron chi connectivity index (χ2n) is 5.73. The predicted octanol–water partition coefficient (Wildman–Crippen LogP) is 4.38. The standard InChI is InChI=1S/C16H32O3S/c1-3-4-5-6-7-8-9-10-11-12-13-20(19)14-15(2)16(17)18/h15H,3-14H2,1-2H3,(H,17,18). The normalized spacial score (nSPS) is 14.1. The zero-order valence-electron chi connectivity index (χ0n) is 13.2. The smallest absolute Gasteiger partial charge is 0.307 e. The van der Waals surface area contributed by atoms with Crippen molar-refractivity contribution in [1.29, 1.82) is 0 Å². The van der Waals surface area contributed by atoms with Crippen molar-refractivity contribution in [3.8, 4) is 0 Å². The Morgan fingerprint density at radius 2 is 1.40 bits per heavy atom. The Balaban J connectivity index is 3.27. The SMILES string of the molecule is CCCCCCCCCCCCS(=O)CC(C)C(=O)O. The second kappa shape index (κ2) is 13.6. The van der Waals surface area contributed by atoms with Crippen LogP contribution in [0.3, 0.4) is 0 Å². The summed E-state index contributed by atoms with van der Waals surface area (Å²) in [6, 6.07) is 0. The summed E-state index contributed by atoms with van der Waals surface area (Å²) < 4.78 is 11.6. The van der Waals surface area contributed by atoms with Crippen molar-refractivity contribution in [2.75, 3.05) is 11.5 Å². The number of unbranched alkanes of at least 4 members (excludes halogenated alkanes) is 9. The Morgan fingerprint density at radius 1 is 0.950 bits per heavy atom. The first-order chi connectivity index (χ1) is 9.57. The van der Waals surface area contributed by atoms with Crippen molar-refractivity contribution >= 4 is 16.8 Å². The lowest BCUT2D eigenvalue weighted by atomic mass is 10.1. The van der Waals surface area contributed by atoms with E-state index in [0.717, 1.165) is 12.8 Å². The summed E-state index contributed by atoms with van der Waals surface area (Å²) in [5.74, 6) is -0.374. The molecule has 0 bridgehead atoms. The predicted molar refractivity (Wildman–Crippen MR) is 86.5 cm³/mol. The first-order valence-electron chi connectivity index (χ1n) is 8.15. The summed E-state index contributed by atoms with van der Waals surface area (Å²) in [5, 5.41) is 8.74.